The number of aromatic nitrogens is 2. The molecule has 3 atom stereocenters. The van der Waals surface area contributed by atoms with E-state index in [0.717, 1.165) is 42.6 Å². The molecule has 3 unspecified atom stereocenters. The fourth-order valence-corrected chi connectivity index (χ4v) is 7.27. The Bertz CT molecular complexity index is 1500. The van der Waals surface area contributed by atoms with Gasteiger partial charge in [0.05, 0.1) is 5.69 Å². The molecule has 2 aliphatic rings. The molecule has 1 amide bonds. The van der Waals surface area contributed by atoms with Crippen LogP contribution in [0.25, 0.3) is 5.65 Å². The van der Waals surface area contributed by atoms with Crippen molar-refractivity contribution >= 4 is 11.6 Å². The Kier molecular flexibility index (Phi) is 6.44. The summed E-state index contributed by atoms with van der Waals surface area (Å²) < 4.78 is 22.5. The van der Waals surface area contributed by atoms with Crippen LogP contribution >= 0.6 is 0 Å². The first-order valence-corrected chi connectivity index (χ1v) is 13.9. The van der Waals surface area contributed by atoms with Crippen molar-refractivity contribution in [2.24, 2.45) is 10.8 Å². The summed E-state index contributed by atoms with van der Waals surface area (Å²) >= 11 is 0. The zero-order valence-corrected chi connectivity index (χ0v) is 22.9. The summed E-state index contributed by atoms with van der Waals surface area (Å²) in [4.78, 5) is 20.8. The van der Waals surface area contributed by atoms with E-state index in [9.17, 15) is 9.18 Å². The molecule has 5 nitrogen and oxygen atoms in total. The van der Waals surface area contributed by atoms with E-state index >= 15 is 0 Å². The largest absolute Gasteiger partial charge is 0.485 e. The van der Waals surface area contributed by atoms with Crippen molar-refractivity contribution < 1.29 is 13.9 Å². The van der Waals surface area contributed by atoms with Crippen LogP contribution in [-0.2, 0) is 11.4 Å². The number of rotatable bonds is 7. The lowest BCUT2D eigenvalue weighted by atomic mass is 9.65. The van der Waals surface area contributed by atoms with Crippen LogP contribution < -0.4 is 4.74 Å². The van der Waals surface area contributed by atoms with Gasteiger partial charge in [-0.25, -0.2) is 9.37 Å². The lowest BCUT2D eigenvalue weighted by Gasteiger charge is -2.39. The summed E-state index contributed by atoms with van der Waals surface area (Å²) in [6, 6.07) is 20.7. The molecule has 1 saturated heterocycles. The van der Waals surface area contributed by atoms with Crippen molar-refractivity contribution in [2.45, 2.75) is 65.0 Å². The van der Waals surface area contributed by atoms with Crippen LogP contribution in [0, 0.1) is 16.6 Å². The number of likely N-dealkylation sites (tertiary alicyclic amines) is 1. The zero-order chi connectivity index (χ0) is 27.2. The summed E-state index contributed by atoms with van der Waals surface area (Å²) in [5.41, 5.74) is 3.76. The van der Waals surface area contributed by atoms with Gasteiger partial charge in [-0.2, -0.15) is 0 Å². The fraction of sp³-hybridized carbons (Fsp3) is 0.394. The molecular weight excluding hydrogens is 489 g/mol. The fourth-order valence-electron chi connectivity index (χ4n) is 7.27. The molecule has 6 heteroatoms. The number of hydrogen-bond donors (Lipinski definition) is 0. The van der Waals surface area contributed by atoms with Crippen molar-refractivity contribution in [1.82, 2.24) is 14.3 Å². The van der Waals surface area contributed by atoms with E-state index in [2.05, 4.69) is 25.7 Å². The lowest BCUT2D eigenvalue weighted by molar-refractivity contribution is -0.132. The van der Waals surface area contributed by atoms with Crippen molar-refractivity contribution in [3.8, 4) is 5.75 Å². The van der Waals surface area contributed by atoms with E-state index in [1.165, 1.54) is 6.07 Å². The Labute approximate surface area is 229 Å². The molecule has 202 valence electrons. The van der Waals surface area contributed by atoms with Crippen molar-refractivity contribution in [3.63, 3.8) is 0 Å². The number of hydrogen-bond acceptors (Lipinski definition) is 3. The molecule has 1 aliphatic heterocycles. The van der Waals surface area contributed by atoms with Gasteiger partial charge in [-0.15, -0.1) is 0 Å². The van der Waals surface area contributed by atoms with Gasteiger partial charge >= 0.3 is 0 Å². The molecule has 0 spiro atoms. The number of fused-ring (bicyclic) bond motifs is 3. The molecule has 2 fully saturated rings. The summed E-state index contributed by atoms with van der Waals surface area (Å²) in [6.45, 7) is 8.17. The Morgan fingerprint density at radius 1 is 1.08 bits per heavy atom. The first-order valence-electron chi connectivity index (χ1n) is 13.9. The predicted molar refractivity (Wildman–Crippen MR) is 150 cm³/mol. The molecule has 4 aromatic rings. The van der Waals surface area contributed by atoms with Gasteiger partial charge in [-0.1, -0.05) is 63.2 Å². The van der Waals surface area contributed by atoms with Gasteiger partial charge in [0.25, 0.3) is 0 Å². The minimum Gasteiger partial charge on any atom is -0.485 e. The first-order chi connectivity index (χ1) is 18.7. The summed E-state index contributed by atoms with van der Waals surface area (Å²) in [7, 11) is 0. The third-order valence-electron chi connectivity index (χ3n) is 8.49. The number of halogens is 1. The van der Waals surface area contributed by atoms with Gasteiger partial charge in [-0.05, 0) is 65.5 Å². The normalized spacial score (nSPS) is 22.7. The molecular formula is C33H36FN3O2. The Hall–Kier alpha value is -3.67. The van der Waals surface area contributed by atoms with E-state index in [0.29, 0.717) is 18.0 Å². The van der Waals surface area contributed by atoms with Gasteiger partial charge < -0.3 is 14.0 Å². The number of pyridine rings is 1. The van der Waals surface area contributed by atoms with Crippen LogP contribution in [0.2, 0.25) is 0 Å². The number of benzene rings is 2. The van der Waals surface area contributed by atoms with Crippen molar-refractivity contribution in [2.75, 3.05) is 6.54 Å². The number of nitrogens with zero attached hydrogens (tertiary/aromatic N) is 3. The average Bonchev–Trinajstić information content (AvgIpc) is 3.44. The van der Waals surface area contributed by atoms with E-state index in [1.807, 2.05) is 59.1 Å². The molecule has 3 heterocycles. The smallest absolute Gasteiger partial charge is 0.223 e. The highest BCUT2D eigenvalue weighted by Crippen LogP contribution is 2.52. The van der Waals surface area contributed by atoms with E-state index in [4.69, 9.17) is 9.72 Å². The number of amides is 1. The summed E-state index contributed by atoms with van der Waals surface area (Å²) in [5, 5.41) is 0. The van der Waals surface area contributed by atoms with Gasteiger partial charge in [0.15, 0.2) is 11.4 Å². The second kappa shape index (κ2) is 9.82. The maximum atomic E-state index is 14.4. The van der Waals surface area contributed by atoms with Crippen LogP contribution in [0.5, 0.6) is 5.75 Å². The Balaban J connectivity index is 1.32. The van der Waals surface area contributed by atoms with E-state index in [1.54, 1.807) is 18.3 Å². The molecule has 2 aromatic heterocycles. The summed E-state index contributed by atoms with van der Waals surface area (Å²) in [5.74, 6) is 0.147. The van der Waals surface area contributed by atoms with Crippen LogP contribution in [-0.4, -0.2) is 32.8 Å². The monoisotopic (exact) mass is 525 g/mol. The first kappa shape index (κ1) is 25.6. The topological polar surface area (TPSA) is 46.8 Å². The van der Waals surface area contributed by atoms with Gasteiger partial charge in [0.1, 0.15) is 12.4 Å². The second-order valence-electron chi connectivity index (χ2n) is 12.6. The minimum atomic E-state index is -0.339. The highest BCUT2D eigenvalue weighted by molar-refractivity contribution is 5.78. The number of carbonyl (C=O) groups is 1. The third kappa shape index (κ3) is 5.17. The van der Waals surface area contributed by atoms with Crippen LogP contribution in [0.1, 0.15) is 69.2 Å². The summed E-state index contributed by atoms with van der Waals surface area (Å²) in [6.07, 6.45) is 7.23. The molecule has 2 aromatic carbocycles. The highest BCUT2D eigenvalue weighted by atomic mass is 19.1. The van der Waals surface area contributed by atoms with Crippen LogP contribution in [0.15, 0.2) is 79.1 Å². The average molecular weight is 526 g/mol. The van der Waals surface area contributed by atoms with E-state index in [-0.39, 0.29) is 40.9 Å². The molecule has 2 bridgehead atoms. The predicted octanol–water partition coefficient (Wildman–Crippen LogP) is 7.00. The molecule has 1 saturated carbocycles. The quantitative estimate of drug-likeness (QED) is 0.261. The number of ether oxygens (including phenoxy) is 1. The molecule has 0 radical (unpaired) electrons. The van der Waals surface area contributed by atoms with Gasteiger partial charge in [-0.3, -0.25) is 4.79 Å². The number of imidazole rings is 1. The Morgan fingerprint density at radius 3 is 2.69 bits per heavy atom. The number of carbonyl (C=O) groups excluding carboxylic acids is 1. The SMILES string of the molecule is CC1(C)CC2CC(C)(CN2C(=O)CC(c2cccc(F)c2)c2cnc3c(OCc4ccccc4)cccn23)C1. The maximum Gasteiger partial charge on any atom is 0.223 e. The van der Waals surface area contributed by atoms with Crippen molar-refractivity contribution in [3.05, 3.63) is 102 Å². The molecule has 6 rings (SSSR count). The second-order valence-corrected chi connectivity index (χ2v) is 12.6. The minimum absolute atomic E-state index is 0.127. The van der Waals surface area contributed by atoms with E-state index < -0.39 is 0 Å². The van der Waals surface area contributed by atoms with Crippen molar-refractivity contribution in [1.29, 1.82) is 0 Å². The maximum absolute atomic E-state index is 14.4. The van der Waals surface area contributed by atoms with Gasteiger partial charge in [0, 0.05) is 37.3 Å². The molecule has 0 N–H and O–H groups in total. The standard InChI is InChI=1S/C33H36FN3O2/c1-32(2)17-26-18-33(3,21-32)22-37(26)30(38)16-27(24-11-7-12-25(34)15-24)28-19-35-31-29(13-8-14-36(28)31)39-20-23-9-5-4-6-10-23/h4-15,19,26-27H,16-18,20-22H2,1-3H3. The third-order valence-corrected chi connectivity index (χ3v) is 8.49. The Morgan fingerprint density at radius 2 is 1.90 bits per heavy atom. The lowest BCUT2D eigenvalue weighted by Crippen LogP contribution is -2.38. The highest BCUT2D eigenvalue weighted by Gasteiger charge is 2.51. The molecule has 1 aliphatic carbocycles. The van der Waals surface area contributed by atoms with Gasteiger partial charge in [0.2, 0.25) is 5.91 Å². The zero-order valence-electron chi connectivity index (χ0n) is 22.9. The van der Waals surface area contributed by atoms with Crippen LogP contribution in [0.3, 0.4) is 0 Å². The van der Waals surface area contributed by atoms with Crippen LogP contribution in [0.4, 0.5) is 4.39 Å². The molecule has 39 heavy (non-hydrogen) atoms.